The molecule has 0 aliphatic carbocycles. The van der Waals surface area contributed by atoms with Crippen LogP contribution in [0.15, 0.2) is 120 Å². The Morgan fingerprint density at radius 3 is 1.11 bits per heavy atom. The number of nitrogens with zero attached hydrogens (tertiary/aromatic N) is 1. The van der Waals surface area contributed by atoms with E-state index in [2.05, 4.69) is 0 Å². The molecule has 36 radical (unpaired) electrons. The number of anilines is 3. The molecule has 74 heavy (non-hydrogen) atoms. The number of hydrogen-bond acceptors (Lipinski definition) is 2. The Morgan fingerprint density at radius 2 is 0.662 bits per heavy atom. The van der Waals surface area contributed by atoms with Crippen molar-refractivity contribution >= 4 is 279 Å². The molecule has 0 saturated heterocycles. The second-order valence-electron chi connectivity index (χ2n) is 17.9. The lowest BCUT2D eigenvalue weighted by atomic mass is 9.56. The average Bonchev–Trinajstić information content (AvgIpc) is 3.79. The van der Waals surface area contributed by atoms with Gasteiger partial charge in [-0.1, -0.05) is 163 Å². The Bertz CT molecular complexity index is 3760. The zero-order valence-electron chi connectivity index (χ0n) is 39.7. The van der Waals surface area contributed by atoms with Crippen molar-refractivity contribution in [3.8, 4) is 55.6 Å². The van der Waals surface area contributed by atoms with Crippen molar-refractivity contribution in [3.05, 3.63) is 115 Å². The van der Waals surface area contributed by atoms with Gasteiger partial charge in [-0.3, -0.25) is 0 Å². The number of benzene rings is 9. The van der Waals surface area contributed by atoms with Crippen molar-refractivity contribution in [1.82, 2.24) is 0 Å². The number of furan rings is 1. The fourth-order valence-electron chi connectivity index (χ4n) is 9.82. The maximum absolute atomic E-state index is 7.27. The summed E-state index contributed by atoms with van der Waals surface area (Å²) in [6, 6.07) is 37.3. The van der Waals surface area contributed by atoms with E-state index >= 15 is 0 Å². The SMILES string of the molecule is [B]c1c([B])c([B])c(-c2c([B])c([B])c(N(c3cc(-c4ccccc4)ccc3-c3ccc4c(c3)oc3c(-c5ccccc5)cccc34)c3c([B])c([B])c(-c4c([B])c([B])c([B])c([B])c4[B])c([B])c3[B])c([B])c2[B])c([B])c1[B]. The average molecular weight is 892 g/mol. The Hall–Kier alpha value is -6.25. The topological polar surface area (TPSA) is 16.4 Å². The van der Waals surface area contributed by atoms with E-state index in [1.807, 2.05) is 115 Å². The van der Waals surface area contributed by atoms with E-state index in [4.69, 9.17) is 146 Å². The van der Waals surface area contributed by atoms with Gasteiger partial charge in [0.15, 0.2) is 0 Å². The van der Waals surface area contributed by atoms with Gasteiger partial charge in [0.25, 0.3) is 0 Å². The predicted molar refractivity (Wildman–Crippen MR) is 333 cm³/mol. The summed E-state index contributed by atoms with van der Waals surface area (Å²) in [6.45, 7) is 0. The van der Waals surface area contributed by atoms with Gasteiger partial charge in [-0.2, -0.15) is 0 Å². The summed E-state index contributed by atoms with van der Waals surface area (Å²) in [5.74, 6) is 0. The van der Waals surface area contributed by atoms with Crippen molar-refractivity contribution in [2.75, 3.05) is 4.90 Å². The molecule has 10 aromatic rings. The highest BCUT2D eigenvalue weighted by molar-refractivity contribution is 6.73. The maximum Gasteiger partial charge on any atom is 0.143 e. The fourth-order valence-corrected chi connectivity index (χ4v) is 9.82. The molecule has 0 fully saturated rings. The molecule has 9 aromatic carbocycles. The van der Waals surface area contributed by atoms with Crippen LogP contribution >= 0.6 is 0 Å². The van der Waals surface area contributed by atoms with Gasteiger partial charge in [0.2, 0.25) is 0 Å². The van der Waals surface area contributed by atoms with E-state index in [9.17, 15) is 0 Å². The summed E-state index contributed by atoms with van der Waals surface area (Å²) in [4.78, 5) is 1.59. The van der Waals surface area contributed by atoms with Crippen molar-refractivity contribution < 1.29 is 4.42 Å². The van der Waals surface area contributed by atoms with Crippen LogP contribution in [-0.4, -0.2) is 141 Å². The second kappa shape index (κ2) is 19.5. The van der Waals surface area contributed by atoms with E-state index in [0.717, 1.165) is 33.0 Å². The minimum Gasteiger partial charge on any atom is -0.455 e. The number of fused-ring (bicyclic) bond motifs is 3. The van der Waals surface area contributed by atoms with Gasteiger partial charge in [-0.25, -0.2) is 0 Å². The van der Waals surface area contributed by atoms with Crippen LogP contribution in [0, 0.1) is 0 Å². The minimum absolute atomic E-state index is 0.00832. The lowest BCUT2D eigenvalue weighted by Crippen LogP contribution is -2.57. The van der Waals surface area contributed by atoms with Crippen LogP contribution in [0.3, 0.4) is 0 Å². The Balaban J connectivity index is 1.33. The Kier molecular flexibility index (Phi) is 13.5. The van der Waals surface area contributed by atoms with E-state index in [1.165, 1.54) is 0 Å². The van der Waals surface area contributed by atoms with E-state index in [-0.39, 0.29) is 132 Å². The first-order valence-electron chi connectivity index (χ1n) is 22.8. The minimum atomic E-state index is -0.149. The Morgan fingerprint density at radius 1 is 0.270 bits per heavy atom. The van der Waals surface area contributed by atoms with Gasteiger partial charge < -0.3 is 9.32 Å². The Labute approximate surface area is 455 Å². The first kappa shape index (κ1) is 51.2. The molecule has 0 atom stereocenters. The number of rotatable bonds is 8. The quantitative estimate of drug-likeness (QED) is 0.142. The zero-order chi connectivity index (χ0) is 52.9. The third kappa shape index (κ3) is 7.99. The summed E-state index contributed by atoms with van der Waals surface area (Å²) >= 11 is 0. The molecule has 10 rings (SSSR count). The lowest BCUT2D eigenvalue weighted by molar-refractivity contribution is 0.670. The number of para-hydroxylation sites is 1. The van der Waals surface area contributed by atoms with Crippen molar-refractivity contribution in [3.63, 3.8) is 0 Å². The van der Waals surface area contributed by atoms with Gasteiger partial charge >= 0.3 is 0 Å². The van der Waals surface area contributed by atoms with Crippen LogP contribution < -0.4 is 103 Å². The van der Waals surface area contributed by atoms with Crippen LogP contribution in [-0.2, 0) is 0 Å². The molecule has 300 valence electrons. The van der Waals surface area contributed by atoms with Crippen LogP contribution in [0.1, 0.15) is 0 Å². The van der Waals surface area contributed by atoms with E-state index in [1.54, 1.807) is 4.90 Å². The fraction of sp³-hybridized carbons (Fsp3) is 0. The molecule has 0 spiro atoms. The van der Waals surface area contributed by atoms with Crippen LogP contribution in [0.5, 0.6) is 0 Å². The van der Waals surface area contributed by atoms with Crippen molar-refractivity contribution in [2.45, 2.75) is 0 Å². The third-order valence-electron chi connectivity index (χ3n) is 13.8. The molecule has 0 aliphatic rings. The van der Waals surface area contributed by atoms with Crippen LogP contribution in [0.25, 0.3) is 77.6 Å². The summed E-state index contributed by atoms with van der Waals surface area (Å²) in [5.41, 5.74) is 4.79. The second-order valence-corrected chi connectivity index (χ2v) is 17.9. The van der Waals surface area contributed by atoms with Gasteiger partial charge in [-0.05, 0) is 62.7 Å². The monoisotopic (exact) mass is 895 g/mol. The molecule has 2 nitrogen and oxygen atoms in total. The zero-order valence-corrected chi connectivity index (χ0v) is 39.7. The molecular formula is C54H19B18NO. The van der Waals surface area contributed by atoms with Gasteiger partial charge in [0.05, 0.1) is 5.69 Å². The molecular weight excluding hydrogens is 873 g/mol. The first-order chi connectivity index (χ1) is 35.3. The van der Waals surface area contributed by atoms with Crippen LogP contribution in [0.4, 0.5) is 17.1 Å². The highest BCUT2D eigenvalue weighted by atomic mass is 16.3. The predicted octanol–water partition coefficient (Wildman–Crippen LogP) is -6.32. The summed E-state index contributed by atoms with van der Waals surface area (Å²) in [6.07, 6.45) is 0. The molecule has 1 heterocycles. The summed E-state index contributed by atoms with van der Waals surface area (Å²) < 4.78 is 6.75. The maximum atomic E-state index is 7.27. The molecule has 20 heteroatoms. The lowest BCUT2D eigenvalue weighted by Gasteiger charge is -2.39. The molecule has 0 aliphatic heterocycles. The molecule has 0 N–H and O–H groups in total. The normalized spacial score (nSPS) is 11.4. The summed E-state index contributed by atoms with van der Waals surface area (Å²) in [5, 5.41) is 1.80. The van der Waals surface area contributed by atoms with Gasteiger partial charge in [-0.15, -0.1) is 32.8 Å². The molecule has 0 unspecified atom stereocenters. The summed E-state index contributed by atoms with van der Waals surface area (Å²) in [7, 11) is 122. The van der Waals surface area contributed by atoms with E-state index < -0.39 is 0 Å². The third-order valence-corrected chi connectivity index (χ3v) is 13.8. The highest BCUT2D eigenvalue weighted by Crippen LogP contribution is 2.43. The largest absolute Gasteiger partial charge is 0.455 e. The standard InChI is InChI=1S/C54H19B18NO/c55-34-30(35(56)43(64)46(67)42(34)63)32-38(59)48(69)52(49(70)39(32)60)73(53-50(71)40(61)33(41(62)51(53)72)31-36(57)44(65)47(68)45(66)37(31)58)28-18-22(20-8-3-1-4-9-20)14-16-24(28)23-15-17-26-27-13-7-12-25(21-10-5-2-6-11-21)54(27)74-29(26)19-23/h1-19H. The van der Waals surface area contributed by atoms with Crippen LogP contribution in [0.2, 0.25) is 0 Å². The molecule has 0 amide bonds. The number of hydrogen-bond donors (Lipinski definition) is 0. The van der Waals surface area contributed by atoms with E-state index in [0.29, 0.717) is 28.0 Å². The molecule has 0 bridgehead atoms. The highest BCUT2D eigenvalue weighted by Gasteiger charge is 2.30. The van der Waals surface area contributed by atoms with Crippen molar-refractivity contribution in [2.24, 2.45) is 0 Å². The smallest absolute Gasteiger partial charge is 0.143 e. The van der Waals surface area contributed by atoms with Gasteiger partial charge in [0, 0.05) is 33.3 Å². The molecule has 0 saturated carbocycles. The molecule has 1 aromatic heterocycles. The van der Waals surface area contributed by atoms with Gasteiger partial charge in [0.1, 0.15) is 152 Å². The first-order valence-corrected chi connectivity index (χ1v) is 22.8. The van der Waals surface area contributed by atoms with Crippen molar-refractivity contribution in [1.29, 1.82) is 0 Å².